The molecule has 1 aromatic heterocycles. The molecular formula is C15H14N2O4. The smallest absolute Gasteiger partial charge is 0.328 e. The van der Waals surface area contributed by atoms with Crippen LogP contribution in [0.4, 0.5) is 0 Å². The molecular weight excluding hydrogens is 272 g/mol. The van der Waals surface area contributed by atoms with Gasteiger partial charge in [0, 0.05) is 18.3 Å². The van der Waals surface area contributed by atoms with Crippen LogP contribution < -0.4 is 10.3 Å². The molecule has 21 heavy (non-hydrogen) atoms. The quantitative estimate of drug-likeness (QED) is 0.812. The number of nitrogens with zero attached hydrogens (tertiary/aromatic N) is 2. The van der Waals surface area contributed by atoms with Gasteiger partial charge < -0.3 is 9.84 Å². The summed E-state index contributed by atoms with van der Waals surface area (Å²) < 4.78 is 7.00. The second kappa shape index (κ2) is 7.04. The Morgan fingerprint density at radius 3 is 3.00 bits per heavy atom. The zero-order valence-electron chi connectivity index (χ0n) is 11.2. The molecule has 0 aliphatic heterocycles. The van der Waals surface area contributed by atoms with Crippen LogP contribution >= 0.6 is 0 Å². The number of carboxylic acids is 1. The molecule has 0 saturated carbocycles. The molecule has 1 N–H and O–H groups in total. The van der Waals surface area contributed by atoms with E-state index in [2.05, 4.69) is 4.98 Å². The van der Waals surface area contributed by atoms with Crippen LogP contribution in [0.15, 0.2) is 53.7 Å². The third-order valence-corrected chi connectivity index (χ3v) is 2.67. The third kappa shape index (κ3) is 4.61. The largest absolute Gasteiger partial charge is 0.492 e. The molecule has 2 aromatic rings. The molecule has 0 unspecified atom stereocenters. The minimum Gasteiger partial charge on any atom is -0.492 e. The number of benzene rings is 1. The highest BCUT2D eigenvalue weighted by molar-refractivity contribution is 5.85. The maximum absolute atomic E-state index is 11.5. The highest BCUT2D eigenvalue weighted by Crippen LogP contribution is 2.14. The molecule has 1 aromatic carbocycles. The van der Waals surface area contributed by atoms with Gasteiger partial charge in [-0.05, 0) is 23.8 Å². The van der Waals surface area contributed by atoms with E-state index in [1.54, 1.807) is 24.3 Å². The first kappa shape index (κ1) is 14.5. The van der Waals surface area contributed by atoms with E-state index < -0.39 is 5.97 Å². The van der Waals surface area contributed by atoms with Gasteiger partial charge in [0.25, 0.3) is 5.56 Å². The van der Waals surface area contributed by atoms with Crippen LogP contribution in [0.5, 0.6) is 5.75 Å². The zero-order chi connectivity index (χ0) is 15.1. The Morgan fingerprint density at radius 2 is 2.24 bits per heavy atom. The van der Waals surface area contributed by atoms with Crippen molar-refractivity contribution in [3.63, 3.8) is 0 Å². The molecule has 6 nitrogen and oxygen atoms in total. The summed E-state index contributed by atoms with van der Waals surface area (Å²) in [7, 11) is 0. The lowest BCUT2D eigenvalue weighted by molar-refractivity contribution is -0.131. The summed E-state index contributed by atoms with van der Waals surface area (Å²) in [6.45, 7) is 0.708. The topological polar surface area (TPSA) is 81.4 Å². The summed E-state index contributed by atoms with van der Waals surface area (Å²) >= 11 is 0. The fourth-order valence-electron chi connectivity index (χ4n) is 1.68. The van der Waals surface area contributed by atoms with Crippen molar-refractivity contribution < 1.29 is 14.6 Å². The molecule has 0 atom stereocenters. The Morgan fingerprint density at radius 1 is 1.38 bits per heavy atom. The maximum atomic E-state index is 11.5. The van der Waals surface area contributed by atoms with Crippen LogP contribution in [-0.2, 0) is 11.3 Å². The predicted octanol–water partition coefficient (Wildman–Crippen LogP) is 1.42. The van der Waals surface area contributed by atoms with E-state index in [-0.39, 0.29) is 5.56 Å². The van der Waals surface area contributed by atoms with Crippen LogP contribution in [0.3, 0.4) is 0 Å². The predicted molar refractivity (Wildman–Crippen MR) is 77.1 cm³/mol. The van der Waals surface area contributed by atoms with Crippen LogP contribution in [0.2, 0.25) is 0 Å². The summed E-state index contributed by atoms with van der Waals surface area (Å²) in [5.41, 5.74) is 0.597. The molecule has 6 heteroatoms. The fraction of sp³-hybridized carbons (Fsp3) is 0.133. The number of hydrogen-bond acceptors (Lipinski definition) is 4. The van der Waals surface area contributed by atoms with Gasteiger partial charge in [-0.15, -0.1) is 0 Å². The van der Waals surface area contributed by atoms with E-state index in [0.717, 1.165) is 11.6 Å². The Kier molecular flexibility index (Phi) is 4.87. The zero-order valence-corrected chi connectivity index (χ0v) is 11.2. The normalized spacial score (nSPS) is 10.7. The van der Waals surface area contributed by atoms with Crippen molar-refractivity contribution >= 4 is 12.0 Å². The first-order chi connectivity index (χ1) is 10.1. The molecule has 0 radical (unpaired) electrons. The Labute approximate surface area is 121 Å². The Balaban J connectivity index is 1.95. The van der Waals surface area contributed by atoms with Crippen molar-refractivity contribution in [2.75, 3.05) is 6.61 Å². The molecule has 2 rings (SSSR count). The number of hydrogen-bond donors (Lipinski definition) is 1. The number of ether oxygens (including phenoxy) is 1. The van der Waals surface area contributed by atoms with Crippen molar-refractivity contribution in [2.45, 2.75) is 6.54 Å². The van der Waals surface area contributed by atoms with E-state index in [4.69, 9.17) is 9.84 Å². The molecule has 0 aliphatic rings. The lowest BCUT2D eigenvalue weighted by Gasteiger charge is -2.08. The molecule has 0 saturated heterocycles. The average molecular weight is 286 g/mol. The minimum atomic E-state index is -1.00. The Hall–Kier alpha value is -2.89. The second-order valence-electron chi connectivity index (χ2n) is 4.20. The number of carbonyl (C=O) groups is 1. The van der Waals surface area contributed by atoms with Crippen LogP contribution in [0.25, 0.3) is 6.08 Å². The minimum absolute atomic E-state index is 0.133. The van der Waals surface area contributed by atoms with E-state index in [1.165, 1.54) is 29.2 Å². The van der Waals surface area contributed by atoms with E-state index >= 15 is 0 Å². The number of rotatable bonds is 6. The van der Waals surface area contributed by atoms with Crippen molar-refractivity contribution in [3.8, 4) is 5.75 Å². The fourth-order valence-corrected chi connectivity index (χ4v) is 1.68. The number of aromatic nitrogens is 2. The SMILES string of the molecule is O=C(O)C=Cc1cccc(OCCn2cnccc2=O)c1. The molecule has 108 valence electrons. The van der Waals surface area contributed by atoms with E-state index in [1.807, 2.05) is 0 Å². The molecule has 0 fully saturated rings. The molecule has 0 aliphatic carbocycles. The first-order valence-corrected chi connectivity index (χ1v) is 6.29. The summed E-state index contributed by atoms with van der Waals surface area (Å²) in [4.78, 5) is 25.8. The molecule has 0 spiro atoms. The van der Waals surface area contributed by atoms with Gasteiger partial charge in [0.15, 0.2) is 0 Å². The lowest BCUT2D eigenvalue weighted by atomic mass is 10.2. The summed E-state index contributed by atoms with van der Waals surface area (Å²) in [5, 5.41) is 8.58. The summed E-state index contributed by atoms with van der Waals surface area (Å²) in [6, 6.07) is 8.43. The van der Waals surface area contributed by atoms with Crippen molar-refractivity contribution in [1.29, 1.82) is 0 Å². The summed E-state index contributed by atoms with van der Waals surface area (Å²) in [6.07, 6.45) is 5.45. The first-order valence-electron chi connectivity index (χ1n) is 6.29. The number of carboxylic acid groups (broad SMARTS) is 1. The van der Waals surface area contributed by atoms with Crippen molar-refractivity contribution in [2.24, 2.45) is 0 Å². The van der Waals surface area contributed by atoms with Crippen LogP contribution in [-0.4, -0.2) is 27.2 Å². The van der Waals surface area contributed by atoms with Gasteiger partial charge >= 0.3 is 5.97 Å². The number of aliphatic carboxylic acids is 1. The van der Waals surface area contributed by atoms with Gasteiger partial charge in [-0.3, -0.25) is 9.36 Å². The van der Waals surface area contributed by atoms with Gasteiger partial charge in [-0.1, -0.05) is 12.1 Å². The maximum Gasteiger partial charge on any atom is 0.328 e. The highest BCUT2D eigenvalue weighted by Gasteiger charge is 1.98. The second-order valence-corrected chi connectivity index (χ2v) is 4.20. The standard InChI is InChI=1S/C15H14N2O4/c18-14-6-7-16-11-17(14)8-9-21-13-3-1-2-12(10-13)4-5-15(19)20/h1-7,10-11H,8-9H2,(H,19,20). The summed E-state index contributed by atoms with van der Waals surface area (Å²) in [5.74, 6) is -0.392. The molecule has 1 heterocycles. The highest BCUT2D eigenvalue weighted by atomic mass is 16.5. The molecule has 0 bridgehead atoms. The van der Waals surface area contributed by atoms with Crippen molar-refractivity contribution in [1.82, 2.24) is 9.55 Å². The van der Waals surface area contributed by atoms with Gasteiger partial charge in [0.05, 0.1) is 12.9 Å². The van der Waals surface area contributed by atoms with Crippen LogP contribution in [0, 0.1) is 0 Å². The van der Waals surface area contributed by atoms with Gasteiger partial charge in [-0.2, -0.15) is 0 Å². The monoisotopic (exact) mass is 286 g/mol. The van der Waals surface area contributed by atoms with Gasteiger partial charge in [0.2, 0.25) is 0 Å². The molecule has 0 amide bonds. The third-order valence-electron chi connectivity index (χ3n) is 2.67. The van der Waals surface area contributed by atoms with Crippen molar-refractivity contribution in [3.05, 3.63) is 64.8 Å². The lowest BCUT2D eigenvalue weighted by Crippen LogP contribution is -2.22. The van der Waals surface area contributed by atoms with E-state index in [0.29, 0.717) is 18.9 Å². The Bertz CT molecular complexity index is 707. The van der Waals surface area contributed by atoms with E-state index in [9.17, 15) is 9.59 Å². The van der Waals surface area contributed by atoms with Gasteiger partial charge in [-0.25, -0.2) is 9.78 Å². The van der Waals surface area contributed by atoms with Gasteiger partial charge in [0.1, 0.15) is 12.4 Å². The van der Waals surface area contributed by atoms with Crippen LogP contribution in [0.1, 0.15) is 5.56 Å². The average Bonchev–Trinajstić information content (AvgIpc) is 2.48.